The van der Waals surface area contributed by atoms with Gasteiger partial charge in [0.1, 0.15) is 11.6 Å². The molecule has 2 rings (SSSR count). The van der Waals surface area contributed by atoms with Gasteiger partial charge in [0, 0.05) is 12.3 Å². The highest BCUT2D eigenvalue weighted by molar-refractivity contribution is 6.28. The average Bonchev–Trinajstić information content (AvgIpc) is 2.46. The fraction of sp³-hybridized carbons (Fsp3) is 0.250. The summed E-state index contributed by atoms with van der Waals surface area (Å²) in [6.45, 7) is 0. The van der Waals surface area contributed by atoms with Gasteiger partial charge in [-0.2, -0.15) is 4.98 Å². The Bertz CT molecular complexity index is 584. The molecule has 20 heavy (non-hydrogen) atoms. The summed E-state index contributed by atoms with van der Waals surface area (Å²) in [4.78, 5) is 12.1. The van der Waals surface area contributed by atoms with Crippen LogP contribution in [0.3, 0.4) is 0 Å². The Labute approximate surface area is 120 Å². The first kappa shape index (κ1) is 14.1. The molecule has 0 radical (unpaired) electrons. The van der Waals surface area contributed by atoms with E-state index in [1.54, 1.807) is 12.1 Å². The van der Waals surface area contributed by atoms with Gasteiger partial charge in [0.05, 0.1) is 21.3 Å². The molecule has 0 spiro atoms. The van der Waals surface area contributed by atoms with Crippen molar-refractivity contribution in [3.8, 4) is 17.4 Å². The second-order valence-corrected chi connectivity index (χ2v) is 3.93. The number of rotatable bonds is 5. The molecule has 0 saturated carbocycles. The third kappa shape index (κ3) is 3.00. The monoisotopic (exact) mass is 296 g/mol. The lowest BCUT2D eigenvalue weighted by molar-refractivity contribution is 0.316. The lowest BCUT2D eigenvalue weighted by atomic mass is 10.3. The van der Waals surface area contributed by atoms with E-state index < -0.39 is 0 Å². The fourth-order valence-electron chi connectivity index (χ4n) is 1.57. The van der Waals surface area contributed by atoms with Gasteiger partial charge in [0.2, 0.25) is 11.0 Å². The number of nitrogens with one attached hydrogen (secondary N) is 1. The van der Waals surface area contributed by atoms with E-state index in [0.717, 1.165) is 0 Å². The first-order chi connectivity index (χ1) is 9.67. The number of nitrogens with zero attached hydrogens (tertiary/aromatic N) is 3. The van der Waals surface area contributed by atoms with Crippen molar-refractivity contribution >= 4 is 23.2 Å². The van der Waals surface area contributed by atoms with Crippen LogP contribution in [-0.2, 0) is 0 Å². The van der Waals surface area contributed by atoms with Crippen molar-refractivity contribution in [2.75, 3.05) is 26.6 Å². The van der Waals surface area contributed by atoms with Gasteiger partial charge >= 0.3 is 0 Å². The van der Waals surface area contributed by atoms with Crippen molar-refractivity contribution in [2.24, 2.45) is 0 Å². The van der Waals surface area contributed by atoms with Crippen LogP contribution in [0.5, 0.6) is 17.4 Å². The van der Waals surface area contributed by atoms with E-state index in [1.807, 2.05) is 0 Å². The van der Waals surface area contributed by atoms with Crippen LogP contribution in [-0.4, -0.2) is 36.3 Å². The molecule has 0 aliphatic heterocycles. The summed E-state index contributed by atoms with van der Waals surface area (Å²) < 4.78 is 15.6. The standard InChI is InChI=1S/C12H13ClN4O3/c1-18-7-6-9(16-11(20-3)10(7)19-2)15-8-4-5-14-12(13)17-8/h4-6H,1-3H3,(H,14,15,16,17). The maximum absolute atomic E-state index is 5.72. The zero-order valence-electron chi connectivity index (χ0n) is 11.2. The zero-order valence-corrected chi connectivity index (χ0v) is 11.9. The van der Waals surface area contributed by atoms with Crippen molar-refractivity contribution in [3.05, 3.63) is 23.6 Å². The Balaban J connectivity index is 2.37. The molecule has 2 heterocycles. The fourth-order valence-corrected chi connectivity index (χ4v) is 1.71. The second-order valence-electron chi connectivity index (χ2n) is 3.59. The molecule has 0 aliphatic rings. The van der Waals surface area contributed by atoms with E-state index >= 15 is 0 Å². The van der Waals surface area contributed by atoms with E-state index in [0.29, 0.717) is 29.0 Å². The highest BCUT2D eigenvalue weighted by Crippen LogP contribution is 2.37. The van der Waals surface area contributed by atoms with E-state index in [1.165, 1.54) is 27.5 Å². The summed E-state index contributed by atoms with van der Waals surface area (Å²) in [5, 5.41) is 3.12. The normalized spacial score (nSPS) is 10.0. The summed E-state index contributed by atoms with van der Waals surface area (Å²) in [7, 11) is 4.54. The maximum Gasteiger partial charge on any atom is 0.262 e. The molecule has 0 amide bonds. The van der Waals surface area contributed by atoms with Crippen molar-refractivity contribution in [3.63, 3.8) is 0 Å². The number of aromatic nitrogens is 3. The topological polar surface area (TPSA) is 78.4 Å². The van der Waals surface area contributed by atoms with Gasteiger partial charge in [-0.15, -0.1) is 0 Å². The summed E-state index contributed by atoms with van der Waals surface area (Å²) in [5.74, 6) is 2.19. The molecule has 0 fully saturated rings. The molecule has 0 unspecified atom stereocenters. The van der Waals surface area contributed by atoms with E-state index in [9.17, 15) is 0 Å². The number of hydrogen-bond donors (Lipinski definition) is 1. The van der Waals surface area contributed by atoms with Crippen LogP contribution in [0.25, 0.3) is 0 Å². The minimum absolute atomic E-state index is 0.141. The summed E-state index contributed by atoms with van der Waals surface area (Å²) in [5.41, 5.74) is 0. The van der Waals surface area contributed by atoms with Crippen LogP contribution in [0.15, 0.2) is 18.3 Å². The van der Waals surface area contributed by atoms with Crippen LogP contribution in [0, 0.1) is 0 Å². The van der Waals surface area contributed by atoms with Crippen LogP contribution in [0.2, 0.25) is 5.28 Å². The minimum atomic E-state index is 0.141. The Morgan fingerprint density at radius 3 is 2.45 bits per heavy atom. The highest BCUT2D eigenvalue weighted by atomic mass is 35.5. The predicted octanol–water partition coefficient (Wildman–Crippen LogP) is 2.29. The van der Waals surface area contributed by atoms with Gasteiger partial charge in [-0.25, -0.2) is 9.97 Å². The van der Waals surface area contributed by atoms with Gasteiger partial charge in [-0.1, -0.05) is 0 Å². The summed E-state index contributed by atoms with van der Waals surface area (Å²) in [6, 6.07) is 3.33. The molecular weight excluding hydrogens is 284 g/mol. The third-order valence-corrected chi connectivity index (χ3v) is 2.59. The molecule has 2 aromatic rings. The van der Waals surface area contributed by atoms with Crippen LogP contribution >= 0.6 is 11.6 Å². The largest absolute Gasteiger partial charge is 0.493 e. The molecule has 1 N–H and O–H groups in total. The molecule has 0 atom stereocenters. The minimum Gasteiger partial charge on any atom is -0.493 e. The number of anilines is 2. The van der Waals surface area contributed by atoms with Gasteiger partial charge in [0.25, 0.3) is 5.88 Å². The Morgan fingerprint density at radius 1 is 1.05 bits per heavy atom. The first-order valence-electron chi connectivity index (χ1n) is 5.60. The van der Waals surface area contributed by atoms with Crippen LogP contribution < -0.4 is 19.5 Å². The number of halogens is 1. The number of methoxy groups -OCH3 is 3. The average molecular weight is 297 g/mol. The molecule has 0 saturated heterocycles. The molecule has 7 nitrogen and oxygen atoms in total. The Morgan fingerprint density at radius 2 is 1.85 bits per heavy atom. The summed E-state index contributed by atoms with van der Waals surface area (Å²) in [6.07, 6.45) is 1.54. The predicted molar refractivity (Wildman–Crippen MR) is 74.2 cm³/mol. The SMILES string of the molecule is COc1cc(Nc2ccnc(Cl)n2)nc(OC)c1OC. The van der Waals surface area contributed by atoms with Crippen molar-refractivity contribution in [1.82, 2.24) is 15.0 Å². The number of hydrogen-bond acceptors (Lipinski definition) is 7. The van der Waals surface area contributed by atoms with Crippen LogP contribution in [0.4, 0.5) is 11.6 Å². The van der Waals surface area contributed by atoms with E-state index in [4.69, 9.17) is 25.8 Å². The third-order valence-electron chi connectivity index (χ3n) is 2.41. The van der Waals surface area contributed by atoms with Gasteiger partial charge in [0.15, 0.2) is 5.75 Å². The van der Waals surface area contributed by atoms with E-state index in [2.05, 4.69) is 20.3 Å². The van der Waals surface area contributed by atoms with E-state index in [-0.39, 0.29) is 5.28 Å². The lowest BCUT2D eigenvalue weighted by Gasteiger charge is -2.13. The Kier molecular flexibility index (Phi) is 4.41. The van der Waals surface area contributed by atoms with Crippen molar-refractivity contribution in [1.29, 1.82) is 0 Å². The molecule has 2 aromatic heterocycles. The quantitative estimate of drug-likeness (QED) is 0.848. The van der Waals surface area contributed by atoms with Gasteiger partial charge in [-0.3, -0.25) is 0 Å². The Hall–Kier alpha value is -2.28. The van der Waals surface area contributed by atoms with Gasteiger partial charge < -0.3 is 19.5 Å². The first-order valence-corrected chi connectivity index (χ1v) is 5.98. The second kappa shape index (κ2) is 6.25. The molecule has 0 aromatic carbocycles. The highest BCUT2D eigenvalue weighted by Gasteiger charge is 2.15. The molecule has 106 valence electrons. The molecule has 0 bridgehead atoms. The maximum atomic E-state index is 5.72. The number of pyridine rings is 1. The number of ether oxygens (including phenoxy) is 3. The molecular formula is C12H13ClN4O3. The lowest BCUT2D eigenvalue weighted by Crippen LogP contribution is -2.02. The van der Waals surface area contributed by atoms with Crippen molar-refractivity contribution in [2.45, 2.75) is 0 Å². The zero-order chi connectivity index (χ0) is 14.5. The van der Waals surface area contributed by atoms with Crippen molar-refractivity contribution < 1.29 is 14.2 Å². The van der Waals surface area contributed by atoms with Crippen LogP contribution in [0.1, 0.15) is 0 Å². The summed E-state index contributed by atoms with van der Waals surface area (Å²) >= 11 is 5.72. The van der Waals surface area contributed by atoms with Gasteiger partial charge in [-0.05, 0) is 17.7 Å². The smallest absolute Gasteiger partial charge is 0.262 e. The molecule has 8 heteroatoms. The molecule has 0 aliphatic carbocycles.